The molecule has 0 saturated carbocycles. The summed E-state index contributed by atoms with van der Waals surface area (Å²) >= 11 is 0. The molecule has 1 rings (SSSR count). The number of anilines is 1. The third-order valence-electron chi connectivity index (χ3n) is 3.33. The molecule has 6 nitrogen and oxygen atoms in total. The standard InChI is InChI=1S/C13H22N2O4S/c1-4-13(2,7-8-16)15-20(17,18)12-6-5-10(19-3)9-11(12)14/h5-6,9,15-16H,4,7-8,14H2,1-3H3. The van der Waals surface area contributed by atoms with Crippen LogP contribution in [0.2, 0.25) is 0 Å². The molecule has 0 heterocycles. The lowest BCUT2D eigenvalue weighted by atomic mass is 9.97. The second kappa shape index (κ2) is 6.43. The average molecular weight is 302 g/mol. The summed E-state index contributed by atoms with van der Waals surface area (Å²) in [5, 5.41) is 9.05. The third-order valence-corrected chi connectivity index (χ3v) is 5.04. The van der Waals surface area contributed by atoms with Crippen molar-refractivity contribution >= 4 is 15.7 Å². The number of aliphatic hydroxyl groups excluding tert-OH is 1. The molecule has 0 aliphatic heterocycles. The zero-order valence-electron chi connectivity index (χ0n) is 12.0. The molecule has 0 aromatic heterocycles. The van der Waals surface area contributed by atoms with Gasteiger partial charge in [-0.05, 0) is 31.9 Å². The van der Waals surface area contributed by atoms with E-state index in [-0.39, 0.29) is 17.2 Å². The Morgan fingerprint density at radius 3 is 2.55 bits per heavy atom. The van der Waals surface area contributed by atoms with E-state index in [4.69, 9.17) is 15.6 Å². The van der Waals surface area contributed by atoms with Gasteiger partial charge in [-0.25, -0.2) is 13.1 Å². The predicted octanol–water partition coefficient (Wildman–Crippen LogP) is 1.11. The van der Waals surface area contributed by atoms with Crippen LogP contribution in [0.15, 0.2) is 23.1 Å². The topological polar surface area (TPSA) is 102 Å². The Balaban J connectivity index is 3.11. The summed E-state index contributed by atoms with van der Waals surface area (Å²) in [7, 11) is -2.27. The van der Waals surface area contributed by atoms with Crippen molar-refractivity contribution in [2.45, 2.75) is 37.1 Å². The quantitative estimate of drug-likeness (QED) is 0.655. The number of methoxy groups -OCH3 is 1. The molecular weight excluding hydrogens is 280 g/mol. The number of sulfonamides is 1. The Hall–Kier alpha value is -1.31. The minimum atomic E-state index is -3.75. The lowest BCUT2D eigenvalue weighted by molar-refractivity contribution is 0.233. The molecule has 4 N–H and O–H groups in total. The van der Waals surface area contributed by atoms with E-state index in [0.29, 0.717) is 18.6 Å². The van der Waals surface area contributed by atoms with Crippen LogP contribution in [0.4, 0.5) is 5.69 Å². The molecule has 114 valence electrons. The molecule has 7 heteroatoms. The fraction of sp³-hybridized carbons (Fsp3) is 0.538. The van der Waals surface area contributed by atoms with E-state index in [1.807, 2.05) is 6.92 Å². The second-order valence-electron chi connectivity index (χ2n) is 4.90. The van der Waals surface area contributed by atoms with E-state index in [9.17, 15) is 8.42 Å². The second-order valence-corrected chi connectivity index (χ2v) is 6.55. The van der Waals surface area contributed by atoms with Gasteiger partial charge in [0.05, 0.1) is 12.8 Å². The van der Waals surface area contributed by atoms with Crippen molar-refractivity contribution < 1.29 is 18.3 Å². The normalized spacial score (nSPS) is 14.8. The largest absolute Gasteiger partial charge is 0.497 e. The summed E-state index contributed by atoms with van der Waals surface area (Å²) in [4.78, 5) is 0.0101. The van der Waals surface area contributed by atoms with Gasteiger partial charge in [-0.2, -0.15) is 0 Å². The zero-order chi connectivity index (χ0) is 15.4. The molecule has 1 aromatic carbocycles. The van der Waals surface area contributed by atoms with Gasteiger partial charge in [0.2, 0.25) is 10.0 Å². The van der Waals surface area contributed by atoms with Crippen LogP contribution >= 0.6 is 0 Å². The van der Waals surface area contributed by atoms with Crippen molar-refractivity contribution in [1.29, 1.82) is 0 Å². The summed E-state index contributed by atoms with van der Waals surface area (Å²) in [6.07, 6.45) is 0.891. The van der Waals surface area contributed by atoms with Gasteiger partial charge >= 0.3 is 0 Å². The Morgan fingerprint density at radius 2 is 2.10 bits per heavy atom. The molecule has 0 aliphatic carbocycles. The molecule has 0 amide bonds. The van der Waals surface area contributed by atoms with Gasteiger partial charge in [-0.1, -0.05) is 6.92 Å². The Labute approximate surface area is 120 Å². The van der Waals surface area contributed by atoms with Crippen LogP contribution in [0.5, 0.6) is 5.75 Å². The summed E-state index contributed by atoms with van der Waals surface area (Å²) in [6, 6.07) is 4.41. The fourth-order valence-electron chi connectivity index (χ4n) is 1.82. The maximum Gasteiger partial charge on any atom is 0.243 e. The van der Waals surface area contributed by atoms with Crippen molar-refractivity contribution in [3.05, 3.63) is 18.2 Å². The Bertz CT molecular complexity index is 559. The molecule has 20 heavy (non-hydrogen) atoms. The molecule has 0 fully saturated rings. The van der Waals surface area contributed by atoms with Crippen molar-refractivity contribution in [2.24, 2.45) is 0 Å². The van der Waals surface area contributed by atoms with Gasteiger partial charge in [-0.15, -0.1) is 0 Å². The minimum absolute atomic E-state index is 0.0101. The number of nitrogens with one attached hydrogen (secondary N) is 1. The lowest BCUT2D eigenvalue weighted by Gasteiger charge is -2.28. The van der Waals surface area contributed by atoms with Crippen LogP contribution in [0.1, 0.15) is 26.7 Å². The van der Waals surface area contributed by atoms with E-state index in [2.05, 4.69) is 4.72 Å². The highest BCUT2D eigenvalue weighted by molar-refractivity contribution is 7.89. The summed E-state index contributed by atoms with van der Waals surface area (Å²) in [5.74, 6) is 0.495. The SMILES string of the molecule is CCC(C)(CCO)NS(=O)(=O)c1ccc(OC)cc1N. The first kappa shape index (κ1) is 16.7. The average Bonchev–Trinajstić information content (AvgIpc) is 2.37. The smallest absolute Gasteiger partial charge is 0.243 e. The maximum absolute atomic E-state index is 12.4. The molecule has 1 atom stereocenters. The van der Waals surface area contributed by atoms with Crippen molar-refractivity contribution in [1.82, 2.24) is 4.72 Å². The van der Waals surface area contributed by atoms with E-state index >= 15 is 0 Å². The Kier molecular flexibility index (Phi) is 5.38. The molecule has 0 bridgehead atoms. The minimum Gasteiger partial charge on any atom is -0.497 e. The first-order valence-electron chi connectivity index (χ1n) is 6.36. The highest BCUT2D eigenvalue weighted by atomic mass is 32.2. The van der Waals surface area contributed by atoms with Crippen LogP contribution in [0.25, 0.3) is 0 Å². The van der Waals surface area contributed by atoms with Crippen LogP contribution in [0, 0.1) is 0 Å². The van der Waals surface area contributed by atoms with Crippen LogP contribution in [-0.2, 0) is 10.0 Å². The molecule has 0 saturated heterocycles. The molecule has 1 aromatic rings. The van der Waals surface area contributed by atoms with Gasteiger partial charge in [0.25, 0.3) is 0 Å². The highest BCUT2D eigenvalue weighted by Gasteiger charge is 2.29. The van der Waals surface area contributed by atoms with Gasteiger partial charge in [-0.3, -0.25) is 0 Å². The van der Waals surface area contributed by atoms with E-state index < -0.39 is 15.6 Å². The number of hydrogen-bond acceptors (Lipinski definition) is 5. The number of rotatable bonds is 7. The Morgan fingerprint density at radius 1 is 1.45 bits per heavy atom. The lowest BCUT2D eigenvalue weighted by Crippen LogP contribution is -2.46. The number of hydrogen-bond donors (Lipinski definition) is 3. The first-order chi connectivity index (χ1) is 9.28. The van der Waals surface area contributed by atoms with Crippen LogP contribution in [0.3, 0.4) is 0 Å². The summed E-state index contributed by atoms with van der Waals surface area (Å²) in [5.41, 5.74) is 5.18. The number of nitrogens with two attached hydrogens (primary N) is 1. The number of aliphatic hydroxyl groups is 1. The number of ether oxygens (including phenoxy) is 1. The molecule has 1 unspecified atom stereocenters. The third kappa shape index (κ3) is 3.84. The monoisotopic (exact) mass is 302 g/mol. The van der Waals surface area contributed by atoms with Gasteiger partial charge < -0.3 is 15.6 Å². The van der Waals surface area contributed by atoms with Gasteiger partial charge in [0.1, 0.15) is 10.6 Å². The molecule has 0 spiro atoms. The molecule has 0 radical (unpaired) electrons. The van der Waals surface area contributed by atoms with Crippen molar-refractivity contribution in [2.75, 3.05) is 19.5 Å². The van der Waals surface area contributed by atoms with Gasteiger partial charge in [0, 0.05) is 18.2 Å². The zero-order valence-corrected chi connectivity index (χ0v) is 12.8. The first-order valence-corrected chi connectivity index (χ1v) is 7.84. The van der Waals surface area contributed by atoms with Crippen LogP contribution < -0.4 is 15.2 Å². The van der Waals surface area contributed by atoms with Crippen molar-refractivity contribution in [3.8, 4) is 5.75 Å². The number of benzene rings is 1. The summed E-state index contributed by atoms with van der Waals surface area (Å²) in [6.45, 7) is 3.51. The van der Waals surface area contributed by atoms with Crippen molar-refractivity contribution in [3.63, 3.8) is 0 Å². The fourth-order valence-corrected chi connectivity index (χ4v) is 3.45. The molecule has 0 aliphatic rings. The predicted molar refractivity (Wildman–Crippen MR) is 78.1 cm³/mol. The van der Waals surface area contributed by atoms with E-state index in [1.54, 1.807) is 13.0 Å². The summed E-state index contributed by atoms with van der Waals surface area (Å²) < 4.78 is 32.4. The van der Waals surface area contributed by atoms with E-state index in [1.165, 1.54) is 19.2 Å². The van der Waals surface area contributed by atoms with Crippen LogP contribution in [-0.4, -0.2) is 32.8 Å². The van der Waals surface area contributed by atoms with E-state index in [0.717, 1.165) is 0 Å². The molecular formula is C13H22N2O4S. The maximum atomic E-state index is 12.4. The number of nitrogen functional groups attached to an aromatic ring is 1. The highest BCUT2D eigenvalue weighted by Crippen LogP contribution is 2.26. The van der Waals surface area contributed by atoms with Gasteiger partial charge in [0.15, 0.2) is 0 Å².